The topological polar surface area (TPSA) is 57.2 Å². The van der Waals surface area contributed by atoms with Crippen molar-refractivity contribution in [1.82, 2.24) is 15.2 Å². The summed E-state index contributed by atoms with van der Waals surface area (Å²) in [5.74, 6) is 0.0818. The summed E-state index contributed by atoms with van der Waals surface area (Å²) in [7, 11) is 1.78. The van der Waals surface area contributed by atoms with E-state index in [4.69, 9.17) is 9.84 Å². The van der Waals surface area contributed by atoms with E-state index in [2.05, 4.69) is 11.9 Å². The molecule has 1 N–H and O–H groups in total. The molecule has 2 heterocycles. The SMILES string of the molecule is C=CCNCCCN(C)C(=O)N1N=C2c3cc(F)ccc3OCC2C1c1ccccc1. The van der Waals surface area contributed by atoms with Crippen molar-refractivity contribution in [1.29, 1.82) is 0 Å². The van der Waals surface area contributed by atoms with Crippen LogP contribution in [0.4, 0.5) is 9.18 Å². The van der Waals surface area contributed by atoms with Crippen LogP contribution in [-0.4, -0.2) is 54.9 Å². The van der Waals surface area contributed by atoms with Crippen LogP contribution in [0.3, 0.4) is 0 Å². The Morgan fingerprint density at radius 3 is 2.94 bits per heavy atom. The molecule has 2 atom stereocenters. The van der Waals surface area contributed by atoms with Crippen molar-refractivity contribution < 1.29 is 13.9 Å². The first-order chi connectivity index (χ1) is 15.1. The molecule has 0 fully saturated rings. The lowest BCUT2D eigenvalue weighted by molar-refractivity contribution is 0.133. The first-order valence-corrected chi connectivity index (χ1v) is 10.5. The van der Waals surface area contributed by atoms with E-state index in [1.165, 1.54) is 17.1 Å². The van der Waals surface area contributed by atoms with E-state index >= 15 is 0 Å². The Labute approximate surface area is 182 Å². The molecule has 0 radical (unpaired) electrons. The Kier molecular flexibility index (Phi) is 6.32. The van der Waals surface area contributed by atoms with E-state index < -0.39 is 0 Å². The molecule has 2 aromatic rings. The van der Waals surface area contributed by atoms with Gasteiger partial charge in [0.1, 0.15) is 11.6 Å². The van der Waals surface area contributed by atoms with E-state index in [1.54, 1.807) is 18.0 Å². The summed E-state index contributed by atoms with van der Waals surface area (Å²) in [5, 5.41) is 9.49. The molecular formula is C24H27FN4O2. The van der Waals surface area contributed by atoms with Gasteiger partial charge in [-0.05, 0) is 36.7 Å². The quantitative estimate of drug-likeness (QED) is 0.545. The molecule has 0 aliphatic carbocycles. The fraction of sp³-hybridized carbons (Fsp3) is 0.333. The molecule has 0 saturated heterocycles. The number of benzene rings is 2. The minimum Gasteiger partial charge on any atom is -0.492 e. The number of fused-ring (bicyclic) bond motifs is 3. The minimum atomic E-state index is -0.351. The second-order valence-corrected chi connectivity index (χ2v) is 7.79. The number of nitrogens with zero attached hydrogens (tertiary/aromatic N) is 3. The molecule has 4 rings (SSSR count). The fourth-order valence-electron chi connectivity index (χ4n) is 4.11. The van der Waals surface area contributed by atoms with Gasteiger partial charge in [0.2, 0.25) is 0 Å². The third-order valence-electron chi connectivity index (χ3n) is 5.65. The number of nitrogens with one attached hydrogen (secondary N) is 1. The Hall–Kier alpha value is -3.19. The van der Waals surface area contributed by atoms with E-state index in [1.807, 2.05) is 36.4 Å². The largest absolute Gasteiger partial charge is 0.492 e. The molecule has 6 nitrogen and oxygen atoms in total. The average Bonchev–Trinajstić information content (AvgIpc) is 3.19. The molecule has 2 amide bonds. The van der Waals surface area contributed by atoms with Crippen LogP contribution in [0.25, 0.3) is 0 Å². The van der Waals surface area contributed by atoms with Gasteiger partial charge < -0.3 is 15.0 Å². The lowest BCUT2D eigenvalue weighted by Gasteiger charge is -2.31. The fourth-order valence-corrected chi connectivity index (χ4v) is 4.11. The van der Waals surface area contributed by atoms with Crippen LogP contribution < -0.4 is 10.1 Å². The van der Waals surface area contributed by atoms with Gasteiger partial charge in [0.25, 0.3) is 0 Å². The highest BCUT2D eigenvalue weighted by Gasteiger charge is 2.45. The zero-order valence-corrected chi connectivity index (χ0v) is 17.6. The number of amides is 2. The Balaban J connectivity index is 1.61. The summed E-state index contributed by atoms with van der Waals surface area (Å²) < 4.78 is 19.9. The monoisotopic (exact) mass is 422 g/mol. The molecule has 2 unspecified atom stereocenters. The van der Waals surface area contributed by atoms with E-state index in [0.717, 1.165) is 25.1 Å². The molecule has 162 valence electrons. The summed E-state index contributed by atoms with van der Waals surface area (Å²) >= 11 is 0. The van der Waals surface area contributed by atoms with Crippen LogP contribution in [0.1, 0.15) is 23.6 Å². The van der Waals surface area contributed by atoms with Crippen LogP contribution in [0.2, 0.25) is 0 Å². The normalized spacial score (nSPS) is 19.2. The maximum absolute atomic E-state index is 14.0. The molecule has 2 aliphatic heterocycles. The molecular weight excluding hydrogens is 395 g/mol. The van der Waals surface area contributed by atoms with Crippen LogP contribution in [0, 0.1) is 11.7 Å². The van der Waals surface area contributed by atoms with E-state index in [0.29, 0.717) is 30.2 Å². The number of rotatable bonds is 7. The second kappa shape index (κ2) is 9.31. The van der Waals surface area contributed by atoms with Crippen molar-refractivity contribution in [2.75, 3.05) is 33.3 Å². The number of hydrogen-bond acceptors (Lipinski definition) is 4. The summed E-state index contributed by atoms with van der Waals surface area (Å²) in [5.41, 5.74) is 2.29. The highest BCUT2D eigenvalue weighted by atomic mass is 19.1. The van der Waals surface area contributed by atoms with Crippen molar-refractivity contribution in [2.45, 2.75) is 12.5 Å². The number of carbonyl (C=O) groups excluding carboxylic acids is 1. The van der Waals surface area contributed by atoms with Crippen LogP contribution in [0.15, 0.2) is 66.3 Å². The van der Waals surface area contributed by atoms with E-state index in [9.17, 15) is 9.18 Å². The summed E-state index contributed by atoms with van der Waals surface area (Å²) in [6.07, 6.45) is 2.63. The minimum absolute atomic E-state index is 0.164. The molecule has 0 saturated carbocycles. The summed E-state index contributed by atoms with van der Waals surface area (Å²) in [6.45, 7) is 6.20. The van der Waals surface area contributed by atoms with Crippen molar-refractivity contribution in [3.05, 3.63) is 78.1 Å². The number of hydrazone groups is 1. The van der Waals surface area contributed by atoms with E-state index in [-0.39, 0.29) is 23.8 Å². The highest BCUT2D eigenvalue weighted by Crippen LogP contribution is 2.42. The molecule has 2 aromatic carbocycles. The van der Waals surface area contributed by atoms with Crippen molar-refractivity contribution in [3.8, 4) is 5.75 Å². The van der Waals surface area contributed by atoms with Crippen molar-refractivity contribution >= 4 is 11.7 Å². The second-order valence-electron chi connectivity index (χ2n) is 7.79. The Morgan fingerprint density at radius 2 is 2.16 bits per heavy atom. The van der Waals surface area contributed by atoms with Gasteiger partial charge in [0.05, 0.1) is 24.3 Å². The summed E-state index contributed by atoms with van der Waals surface area (Å²) in [6, 6.07) is 13.8. The van der Waals surface area contributed by atoms with Gasteiger partial charge in [0, 0.05) is 25.7 Å². The van der Waals surface area contributed by atoms with Crippen LogP contribution in [-0.2, 0) is 0 Å². The molecule has 2 aliphatic rings. The predicted octanol–water partition coefficient (Wildman–Crippen LogP) is 3.81. The molecule has 0 spiro atoms. The maximum atomic E-state index is 14.0. The van der Waals surface area contributed by atoms with Gasteiger partial charge in [-0.15, -0.1) is 6.58 Å². The highest BCUT2D eigenvalue weighted by molar-refractivity contribution is 6.07. The van der Waals surface area contributed by atoms with Gasteiger partial charge in [-0.25, -0.2) is 14.2 Å². The number of ether oxygens (including phenoxy) is 1. The molecule has 31 heavy (non-hydrogen) atoms. The third kappa shape index (κ3) is 4.32. The summed E-state index contributed by atoms with van der Waals surface area (Å²) in [4.78, 5) is 15.0. The lowest BCUT2D eigenvalue weighted by Crippen LogP contribution is -2.41. The molecule has 0 bridgehead atoms. The van der Waals surface area contributed by atoms with Gasteiger partial charge >= 0.3 is 6.03 Å². The zero-order valence-electron chi connectivity index (χ0n) is 17.6. The predicted molar refractivity (Wildman–Crippen MR) is 119 cm³/mol. The van der Waals surface area contributed by atoms with Crippen molar-refractivity contribution in [3.63, 3.8) is 0 Å². The van der Waals surface area contributed by atoms with Gasteiger partial charge in [0.15, 0.2) is 0 Å². The number of hydrogen-bond donors (Lipinski definition) is 1. The Morgan fingerprint density at radius 1 is 1.35 bits per heavy atom. The standard InChI is InChI=1S/C24H27FN4O2/c1-3-12-26-13-7-14-28(2)24(30)29-23(17-8-5-4-6-9-17)20-16-31-21-11-10-18(25)15-19(21)22(20)27-29/h3-6,8-11,15,20,23,26H,1,7,12-14,16H2,2H3. The smallest absolute Gasteiger partial charge is 0.340 e. The Bertz CT molecular complexity index is 979. The van der Waals surface area contributed by atoms with Gasteiger partial charge in [-0.1, -0.05) is 36.4 Å². The molecule has 7 heteroatoms. The van der Waals surface area contributed by atoms with Crippen LogP contribution in [0.5, 0.6) is 5.75 Å². The average molecular weight is 423 g/mol. The maximum Gasteiger partial charge on any atom is 0.340 e. The van der Waals surface area contributed by atoms with Crippen LogP contribution >= 0.6 is 0 Å². The van der Waals surface area contributed by atoms with Gasteiger partial charge in [-0.2, -0.15) is 5.10 Å². The zero-order chi connectivity index (χ0) is 21.8. The first-order valence-electron chi connectivity index (χ1n) is 10.5. The lowest BCUT2D eigenvalue weighted by atomic mass is 9.86. The number of urea groups is 1. The molecule has 0 aromatic heterocycles. The first kappa shape index (κ1) is 21.1. The van der Waals surface area contributed by atoms with Crippen molar-refractivity contribution in [2.24, 2.45) is 11.0 Å². The number of carbonyl (C=O) groups is 1. The third-order valence-corrected chi connectivity index (χ3v) is 5.65. The number of halogens is 1. The van der Waals surface area contributed by atoms with Gasteiger partial charge in [-0.3, -0.25) is 0 Å².